The van der Waals surface area contributed by atoms with Gasteiger partial charge in [0.15, 0.2) is 5.78 Å². The maximum Gasteiger partial charge on any atom is 0.238 e. The molecule has 1 aliphatic carbocycles. The molecule has 23 heavy (non-hydrogen) atoms. The number of benzene rings is 2. The molecule has 0 radical (unpaired) electrons. The molecule has 0 saturated heterocycles. The molecule has 0 bridgehead atoms. The fourth-order valence-corrected chi connectivity index (χ4v) is 2.88. The molecule has 0 amide bonds. The van der Waals surface area contributed by atoms with Crippen molar-refractivity contribution in [2.45, 2.75) is 11.3 Å². The Bertz CT molecular complexity index is 944. The van der Waals surface area contributed by atoms with Crippen molar-refractivity contribution in [3.8, 4) is 0 Å². The predicted octanol–water partition coefficient (Wildman–Crippen LogP) is 1.88. The largest absolute Gasteiger partial charge is 0.294 e. The molecule has 0 aromatic heterocycles. The van der Waals surface area contributed by atoms with Crippen molar-refractivity contribution in [2.24, 2.45) is 10.1 Å². The first kappa shape index (κ1) is 15.3. The number of fused-ring (bicyclic) bond motifs is 1. The van der Waals surface area contributed by atoms with Crippen LogP contribution in [0.25, 0.3) is 0 Å². The zero-order valence-electron chi connectivity index (χ0n) is 11.9. The summed E-state index contributed by atoms with van der Waals surface area (Å²) >= 11 is 0. The highest BCUT2D eigenvalue weighted by Gasteiger charge is 2.28. The first-order valence-corrected chi connectivity index (χ1v) is 8.28. The van der Waals surface area contributed by atoms with Crippen LogP contribution in [0.4, 0.5) is 5.69 Å². The number of sulfonamides is 1. The third-order valence-electron chi connectivity index (χ3n) is 3.49. The lowest BCUT2D eigenvalue weighted by Gasteiger charge is -2.15. The Morgan fingerprint density at radius 3 is 2.13 bits per heavy atom. The molecule has 116 valence electrons. The summed E-state index contributed by atoms with van der Waals surface area (Å²) in [7, 11) is -3.78. The fourth-order valence-electron chi connectivity index (χ4n) is 2.36. The molecule has 2 N–H and O–H groups in total. The average molecular weight is 328 g/mol. The van der Waals surface area contributed by atoms with Crippen molar-refractivity contribution in [1.82, 2.24) is 0 Å². The number of nitrogens with two attached hydrogens (primary N) is 1. The number of Topliss-reactive ketones (excluding diaryl/α,β-unsaturated/α-hetero) is 2. The highest BCUT2D eigenvalue weighted by Crippen LogP contribution is 2.23. The summed E-state index contributed by atoms with van der Waals surface area (Å²) in [6.07, 6.45) is -0.0766. The maximum atomic E-state index is 12.4. The number of ketones is 2. The van der Waals surface area contributed by atoms with Crippen LogP contribution in [0, 0.1) is 0 Å². The number of rotatable bonds is 2. The van der Waals surface area contributed by atoms with E-state index in [2.05, 4.69) is 4.99 Å². The van der Waals surface area contributed by atoms with Gasteiger partial charge in [0.2, 0.25) is 15.8 Å². The van der Waals surface area contributed by atoms with Gasteiger partial charge in [0.25, 0.3) is 0 Å². The van der Waals surface area contributed by atoms with Crippen LogP contribution in [0.2, 0.25) is 0 Å². The minimum Gasteiger partial charge on any atom is -0.294 e. The SMILES string of the molecule is NS(=O)(=O)c1ccc(N=C2CC(=O)c3ccccc3C2=O)cc1. The Labute approximate surface area is 132 Å². The number of carbonyl (C=O) groups excluding carboxylic acids is 2. The second-order valence-corrected chi connectivity index (χ2v) is 6.63. The molecule has 6 nitrogen and oxygen atoms in total. The zero-order chi connectivity index (χ0) is 16.6. The number of hydrogen-bond acceptors (Lipinski definition) is 5. The summed E-state index contributed by atoms with van der Waals surface area (Å²) in [6, 6.07) is 12.1. The van der Waals surface area contributed by atoms with Gasteiger partial charge in [-0.15, -0.1) is 0 Å². The van der Waals surface area contributed by atoms with E-state index >= 15 is 0 Å². The van der Waals surface area contributed by atoms with Crippen LogP contribution in [0.15, 0.2) is 58.4 Å². The minimum atomic E-state index is -3.78. The lowest BCUT2D eigenvalue weighted by Crippen LogP contribution is -2.26. The number of hydrogen-bond donors (Lipinski definition) is 1. The van der Waals surface area contributed by atoms with Gasteiger partial charge in [-0.05, 0) is 24.3 Å². The smallest absolute Gasteiger partial charge is 0.238 e. The number of aliphatic imine (C=N–C) groups is 1. The van der Waals surface area contributed by atoms with Crippen LogP contribution < -0.4 is 5.14 Å². The Morgan fingerprint density at radius 1 is 0.913 bits per heavy atom. The molecule has 0 unspecified atom stereocenters. The maximum absolute atomic E-state index is 12.4. The normalized spacial score (nSPS) is 16.5. The Balaban J connectivity index is 1.98. The van der Waals surface area contributed by atoms with E-state index in [0.29, 0.717) is 16.8 Å². The molecule has 2 aromatic carbocycles. The lowest BCUT2D eigenvalue weighted by atomic mass is 9.88. The minimum absolute atomic E-state index is 0.0437. The predicted molar refractivity (Wildman–Crippen MR) is 84.6 cm³/mol. The topological polar surface area (TPSA) is 107 Å². The lowest BCUT2D eigenvalue weighted by molar-refractivity contribution is 0.0965. The van der Waals surface area contributed by atoms with E-state index in [1.165, 1.54) is 24.3 Å². The highest BCUT2D eigenvalue weighted by atomic mass is 32.2. The van der Waals surface area contributed by atoms with E-state index in [9.17, 15) is 18.0 Å². The number of nitrogens with zero attached hydrogens (tertiary/aromatic N) is 1. The molecule has 0 spiro atoms. The van der Waals surface area contributed by atoms with Crippen molar-refractivity contribution >= 4 is 33.0 Å². The van der Waals surface area contributed by atoms with Crippen molar-refractivity contribution in [3.05, 3.63) is 59.7 Å². The molecular formula is C16H12N2O4S. The van der Waals surface area contributed by atoms with Crippen LogP contribution in [-0.4, -0.2) is 25.7 Å². The third kappa shape index (κ3) is 2.96. The molecule has 0 atom stereocenters. The molecule has 0 fully saturated rings. The van der Waals surface area contributed by atoms with Gasteiger partial charge >= 0.3 is 0 Å². The van der Waals surface area contributed by atoms with Crippen LogP contribution in [0.3, 0.4) is 0 Å². The fraction of sp³-hybridized carbons (Fsp3) is 0.0625. The quantitative estimate of drug-likeness (QED) is 0.908. The first-order valence-electron chi connectivity index (χ1n) is 6.73. The van der Waals surface area contributed by atoms with E-state index in [1.54, 1.807) is 24.3 Å². The van der Waals surface area contributed by atoms with Gasteiger partial charge in [-0.25, -0.2) is 18.5 Å². The van der Waals surface area contributed by atoms with Gasteiger partial charge in [0.05, 0.1) is 22.7 Å². The Kier molecular flexibility index (Phi) is 3.67. The standard InChI is InChI=1S/C16H12N2O4S/c17-23(21,22)11-7-5-10(6-8-11)18-14-9-15(19)12-3-1-2-4-13(12)16(14)20/h1-8H,9H2,(H2,17,21,22). The summed E-state index contributed by atoms with van der Waals surface area (Å²) in [6.45, 7) is 0. The Hall–Kier alpha value is -2.64. The van der Waals surface area contributed by atoms with E-state index < -0.39 is 10.0 Å². The summed E-state index contributed by atoms with van der Waals surface area (Å²) in [4.78, 5) is 28.6. The average Bonchev–Trinajstić information content (AvgIpc) is 2.52. The van der Waals surface area contributed by atoms with Crippen molar-refractivity contribution in [2.75, 3.05) is 0 Å². The molecule has 0 saturated carbocycles. The van der Waals surface area contributed by atoms with Crippen LogP contribution in [-0.2, 0) is 10.0 Å². The van der Waals surface area contributed by atoms with E-state index in [4.69, 9.17) is 5.14 Å². The van der Waals surface area contributed by atoms with E-state index in [0.717, 1.165) is 0 Å². The number of carbonyl (C=O) groups is 2. The second kappa shape index (κ2) is 5.53. The van der Waals surface area contributed by atoms with Gasteiger partial charge in [-0.3, -0.25) is 9.59 Å². The molecular weight excluding hydrogens is 316 g/mol. The molecule has 0 aliphatic heterocycles. The molecule has 1 aliphatic rings. The third-order valence-corrected chi connectivity index (χ3v) is 4.42. The summed E-state index contributed by atoms with van der Waals surface area (Å²) in [5.41, 5.74) is 1.26. The summed E-state index contributed by atoms with van der Waals surface area (Å²) < 4.78 is 22.4. The van der Waals surface area contributed by atoms with Gasteiger partial charge < -0.3 is 0 Å². The van der Waals surface area contributed by atoms with Crippen molar-refractivity contribution < 1.29 is 18.0 Å². The molecule has 0 heterocycles. The van der Waals surface area contributed by atoms with Crippen LogP contribution >= 0.6 is 0 Å². The first-order chi connectivity index (χ1) is 10.9. The molecule has 7 heteroatoms. The monoisotopic (exact) mass is 328 g/mol. The van der Waals surface area contributed by atoms with Gasteiger partial charge in [-0.1, -0.05) is 24.3 Å². The van der Waals surface area contributed by atoms with E-state index in [-0.39, 0.29) is 28.6 Å². The van der Waals surface area contributed by atoms with Gasteiger partial charge in [0.1, 0.15) is 0 Å². The summed E-state index contributed by atoms with van der Waals surface area (Å²) in [5, 5.41) is 5.02. The van der Waals surface area contributed by atoms with Gasteiger partial charge in [-0.2, -0.15) is 0 Å². The second-order valence-electron chi connectivity index (χ2n) is 5.07. The molecule has 2 aromatic rings. The highest BCUT2D eigenvalue weighted by molar-refractivity contribution is 7.89. The zero-order valence-corrected chi connectivity index (χ0v) is 12.7. The van der Waals surface area contributed by atoms with Crippen molar-refractivity contribution in [3.63, 3.8) is 0 Å². The van der Waals surface area contributed by atoms with E-state index in [1.807, 2.05) is 0 Å². The van der Waals surface area contributed by atoms with Crippen LogP contribution in [0.1, 0.15) is 27.1 Å². The number of primary sulfonamides is 1. The summed E-state index contributed by atoms with van der Waals surface area (Å²) in [5.74, 6) is -0.462. The Morgan fingerprint density at radius 2 is 1.52 bits per heavy atom. The van der Waals surface area contributed by atoms with Crippen molar-refractivity contribution in [1.29, 1.82) is 0 Å². The van der Waals surface area contributed by atoms with Crippen LogP contribution in [0.5, 0.6) is 0 Å². The molecule has 3 rings (SSSR count). The van der Waals surface area contributed by atoms with Gasteiger partial charge in [0, 0.05) is 11.1 Å².